The zero-order valence-corrected chi connectivity index (χ0v) is 10.6. The van der Waals surface area contributed by atoms with Crippen LogP contribution in [0.2, 0.25) is 0 Å². The normalized spacial score (nSPS) is 10.2. The molecule has 0 saturated carbocycles. The molecule has 1 aromatic carbocycles. The van der Waals surface area contributed by atoms with Gasteiger partial charge in [-0.05, 0) is 18.2 Å². The van der Waals surface area contributed by atoms with E-state index < -0.39 is 11.6 Å². The van der Waals surface area contributed by atoms with Crippen LogP contribution in [-0.2, 0) is 6.61 Å². The van der Waals surface area contributed by atoms with E-state index in [0.29, 0.717) is 11.3 Å². The number of nitrogens with two attached hydrogens (primary N) is 1. The molecule has 1 aromatic heterocycles. The van der Waals surface area contributed by atoms with Crippen LogP contribution in [-0.4, -0.2) is 9.97 Å². The molecule has 0 unspecified atom stereocenters. The summed E-state index contributed by atoms with van der Waals surface area (Å²) < 4.78 is 31.6. The van der Waals surface area contributed by atoms with E-state index in [1.807, 2.05) is 0 Å². The number of hydrogen-bond acceptors (Lipinski definition) is 3. The molecule has 0 aliphatic heterocycles. The minimum absolute atomic E-state index is 0.000880. The summed E-state index contributed by atoms with van der Waals surface area (Å²) in [6.07, 6.45) is 1.54. The van der Waals surface area contributed by atoms with Gasteiger partial charge in [0.1, 0.15) is 17.3 Å². The molecule has 6 heteroatoms. The van der Waals surface area contributed by atoms with Gasteiger partial charge in [-0.2, -0.15) is 4.39 Å². The molecule has 2 N–H and O–H groups in total. The van der Waals surface area contributed by atoms with Gasteiger partial charge in [0.05, 0.1) is 0 Å². The summed E-state index contributed by atoms with van der Waals surface area (Å²) >= 11 is 4.85. The molecule has 0 amide bonds. The number of benzene rings is 1. The average molecular weight is 280 g/mol. The fraction of sp³-hybridized carbons (Fsp3) is 0.0769. The summed E-state index contributed by atoms with van der Waals surface area (Å²) in [6, 6.07) is 7.12. The first-order chi connectivity index (χ1) is 9.09. The number of halogens is 2. The van der Waals surface area contributed by atoms with Crippen molar-refractivity contribution in [3.63, 3.8) is 0 Å². The second kappa shape index (κ2) is 5.71. The lowest BCUT2D eigenvalue weighted by Crippen LogP contribution is -2.15. The van der Waals surface area contributed by atoms with Crippen LogP contribution >= 0.6 is 12.2 Å². The molecule has 3 nitrogen and oxygen atoms in total. The number of rotatable bonds is 4. The van der Waals surface area contributed by atoms with Crippen molar-refractivity contribution < 1.29 is 13.5 Å². The zero-order valence-electron chi connectivity index (χ0n) is 9.77. The van der Waals surface area contributed by atoms with Gasteiger partial charge in [-0.3, -0.25) is 4.98 Å². The van der Waals surface area contributed by atoms with Crippen LogP contribution < -0.4 is 10.5 Å². The lowest BCUT2D eigenvalue weighted by Gasteiger charge is -2.10. The van der Waals surface area contributed by atoms with E-state index in [4.69, 9.17) is 22.7 Å². The lowest BCUT2D eigenvalue weighted by atomic mass is 10.2. The van der Waals surface area contributed by atoms with E-state index in [9.17, 15) is 8.78 Å². The minimum atomic E-state index is -1.02. The number of pyridine rings is 1. The van der Waals surface area contributed by atoms with E-state index in [-0.39, 0.29) is 17.3 Å². The summed E-state index contributed by atoms with van der Waals surface area (Å²) in [4.78, 5) is 4.14. The summed E-state index contributed by atoms with van der Waals surface area (Å²) in [5, 5.41) is 0. The summed E-state index contributed by atoms with van der Waals surface area (Å²) in [6.45, 7) is 0.000880. The Kier molecular flexibility index (Phi) is 4.01. The molecule has 0 atom stereocenters. The SMILES string of the molecule is NC(=S)c1ncccc1COc1cccc(F)c1F. The summed E-state index contributed by atoms with van der Waals surface area (Å²) in [5.41, 5.74) is 6.54. The number of aromatic nitrogens is 1. The molecule has 0 bridgehead atoms. The first-order valence-electron chi connectivity index (χ1n) is 5.40. The van der Waals surface area contributed by atoms with Crippen molar-refractivity contribution in [2.45, 2.75) is 6.61 Å². The molecule has 2 rings (SSSR count). The quantitative estimate of drug-likeness (QED) is 0.874. The molecular weight excluding hydrogens is 270 g/mol. The summed E-state index contributed by atoms with van der Waals surface area (Å²) in [7, 11) is 0. The molecule has 0 radical (unpaired) electrons. The van der Waals surface area contributed by atoms with Gasteiger partial charge < -0.3 is 10.5 Å². The Balaban J connectivity index is 2.19. The van der Waals surface area contributed by atoms with Crippen LogP contribution in [0.1, 0.15) is 11.3 Å². The van der Waals surface area contributed by atoms with E-state index in [1.165, 1.54) is 12.1 Å². The van der Waals surface area contributed by atoms with Crippen LogP contribution in [0.3, 0.4) is 0 Å². The molecule has 0 spiro atoms. The Morgan fingerprint density at radius 3 is 2.79 bits per heavy atom. The third-order valence-electron chi connectivity index (χ3n) is 2.42. The van der Waals surface area contributed by atoms with E-state index in [1.54, 1.807) is 18.3 Å². The first kappa shape index (κ1) is 13.4. The number of hydrogen-bond donors (Lipinski definition) is 1. The van der Waals surface area contributed by atoms with Crippen LogP contribution in [0, 0.1) is 11.6 Å². The lowest BCUT2D eigenvalue weighted by molar-refractivity contribution is 0.284. The van der Waals surface area contributed by atoms with E-state index in [2.05, 4.69) is 4.98 Å². The predicted octanol–water partition coefficient (Wildman–Crippen LogP) is 2.57. The van der Waals surface area contributed by atoms with Gasteiger partial charge in [-0.15, -0.1) is 0 Å². The highest BCUT2D eigenvalue weighted by Gasteiger charge is 2.11. The maximum absolute atomic E-state index is 13.4. The number of nitrogens with zero attached hydrogens (tertiary/aromatic N) is 1. The Labute approximate surface area is 114 Å². The van der Waals surface area contributed by atoms with Crippen molar-refractivity contribution in [1.29, 1.82) is 0 Å². The zero-order chi connectivity index (χ0) is 13.8. The van der Waals surface area contributed by atoms with Crippen LogP contribution in [0.15, 0.2) is 36.5 Å². The second-order valence-corrected chi connectivity index (χ2v) is 4.16. The first-order valence-corrected chi connectivity index (χ1v) is 5.81. The number of ether oxygens (including phenoxy) is 1. The third-order valence-corrected chi connectivity index (χ3v) is 2.62. The second-order valence-electron chi connectivity index (χ2n) is 3.72. The van der Waals surface area contributed by atoms with Gasteiger partial charge in [0.15, 0.2) is 11.6 Å². The van der Waals surface area contributed by atoms with Crippen molar-refractivity contribution in [3.8, 4) is 5.75 Å². The Morgan fingerprint density at radius 2 is 2.05 bits per heavy atom. The molecule has 0 saturated heterocycles. The van der Waals surface area contributed by atoms with Gasteiger partial charge in [0.25, 0.3) is 0 Å². The molecule has 1 heterocycles. The summed E-state index contributed by atoms with van der Waals surface area (Å²) in [5.74, 6) is -2.15. The monoisotopic (exact) mass is 280 g/mol. The van der Waals surface area contributed by atoms with Gasteiger partial charge in [-0.1, -0.05) is 24.4 Å². The highest BCUT2D eigenvalue weighted by molar-refractivity contribution is 7.80. The molecule has 98 valence electrons. The number of thiocarbonyl (C=S) groups is 1. The van der Waals surface area contributed by atoms with Crippen LogP contribution in [0.4, 0.5) is 8.78 Å². The van der Waals surface area contributed by atoms with Gasteiger partial charge in [-0.25, -0.2) is 4.39 Å². The Morgan fingerprint density at radius 1 is 1.26 bits per heavy atom. The molecule has 0 aliphatic carbocycles. The fourth-order valence-corrected chi connectivity index (χ4v) is 1.71. The maximum atomic E-state index is 13.4. The maximum Gasteiger partial charge on any atom is 0.200 e. The smallest absolute Gasteiger partial charge is 0.200 e. The third kappa shape index (κ3) is 3.03. The molecular formula is C13H10F2N2OS. The van der Waals surface area contributed by atoms with Crippen molar-refractivity contribution >= 4 is 17.2 Å². The highest BCUT2D eigenvalue weighted by atomic mass is 32.1. The van der Waals surface area contributed by atoms with Crippen molar-refractivity contribution in [2.75, 3.05) is 0 Å². The average Bonchev–Trinajstić information content (AvgIpc) is 2.40. The van der Waals surface area contributed by atoms with Crippen LogP contribution in [0.25, 0.3) is 0 Å². The standard InChI is InChI=1S/C13H10F2N2OS/c14-9-4-1-5-10(11(9)15)18-7-8-3-2-6-17-12(8)13(16)19/h1-6H,7H2,(H2,16,19). The largest absolute Gasteiger partial charge is 0.486 e. The van der Waals surface area contributed by atoms with Crippen molar-refractivity contribution in [2.24, 2.45) is 5.73 Å². The van der Waals surface area contributed by atoms with Crippen LogP contribution in [0.5, 0.6) is 5.75 Å². The fourth-order valence-electron chi connectivity index (χ4n) is 1.53. The topological polar surface area (TPSA) is 48.1 Å². The molecule has 0 fully saturated rings. The Hall–Kier alpha value is -2.08. The highest BCUT2D eigenvalue weighted by Crippen LogP contribution is 2.20. The van der Waals surface area contributed by atoms with Crippen molar-refractivity contribution in [3.05, 3.63) is 59.4 Å². The van der Waals surface area contributed by atoms with Crippen molar-refractivity contribution in [1.82, 2.24) is 4.98 Å². The van der Waals surface area contributed by atoms with Gasteiger partial charge >= 0.3 is 0 Å². The van der Waals surface area contributed by atoms with Gasteiger partial charge in [0, 0.05) is 11.8 Å². The predicted molar refractivity (Wildman–Crippen MR) is 70.8 cm³/mol. The van der Waals surface area contributed by atoms with E-state index >= 15 is 0 Å². The Bertz CT molecular complexity index is 619. The molecule has 0 aliphatic rings. The minimum Gasteiger partial charge on any atom is -0.486 e. The van der Waals surface area contributed by atoms with E-state index in [0.717, 1.165) is 6.07 Å². The molecule has 19 heavy (non-hydrogen) atoms. The van der Waals surface area contributed by atoms with Gasteiger partial charge in [0.2, 0.25) is 5.82 Å². The molecule has 2 aromatic rings.